The number of β-amino-alcohol motifs (C(OH)–C–C–N with tert-alkyl or cyclic N) is 1. The van der Waals surface area contributed by atoms with Crippen molar-refractivity contribution in [3.63, 3.8) is 0 Å². The molecule has 75 heavy (non-hydrogen) atoms. The highest BCUT2D eigenvalue weighted by Crippen LogP contribution is 2.30. The van der Waals surface area contributed by atoms with E-state index in [-0.39, 0.29) is 32.0 Å². The zero-order valence-corrected chi connectivity index (χ0v) is 44.6. The molecule has 8 rings (SSSR count). The normalized spacial score (nSPS) is 18.5. The number of likely N-dealkylation sites (tertiary alicyclic amines) is 1. The van der Waals surface area contributed by atoms with E-state index in [1.807, 2.05) is 112 Å². The van der Waals surface area contributed by atoms with Gasteiger partial charge in [0.15, 0.2) is 0 Å². The molecule has 3 atom stereocenters. The van der Waals surface area contributed by atoms with Crippen LogP contribution in [0, 0.1) is 12.3 Å². The van der Waals surface area contributed by atoms with Gasteiger partial charge in [0, 0.05) is 81.9 Å². The van der Waals surface area contributed by atoms with Gasteiger partial charge in [0.2, 0.25) is 23.7 Å². The number of benzene rings is 3. The molecule has 3 amide bonds. The van der Waals surface area contributed by atoms with Crippen molar-refractivity contribution in [1.29, 1.82) is 0 Å². The Morgan fingerprint density at radius 3 is 2.41 bits per heavy atom. The largest absolute Gasteiger partial charge is 0.492 e. The number of fused-ring (bicyclic) bond motifs is 7. The maximum Gasteiger partial charge on any atom is 0.246 e. The first kappa shape index (κ1) is 55.1. The molecule has 3 aliphatic rings. The van der Waals surface area contributed by atoms with Gasteiger partial charge in [0.25, 0.3) is 0 Å². The van der Waals surface area contributed by atoms with Crippen LogP contribution in [-0.4, -0.2) is 150 Å². The first-order chi connectivity index (χ1) is 36.4. The molecule has 0 unspecified atom stereocenters. The molecular formula is C57H73N9O8S. The predicted octanol–water partition coefficient (Wildman–Crippen LogP) is 6.91. The van der Waals surface area contributed by atoms with Crippen LogP contribution in [0.2, 0.25) is 0 Å². The monoisotopic (exact) mass is 1040 g/mol. The summed E-state index contributed by atoms with van der Waals surface area (Å²) < 4.78 is 24.1. The van der Waals surface area contributed by atoms with Crippen molar-refractivity contribution in [1.82, 2.24) is 40.3 Å². The van der Waals surface area contributed by atoms with Gasteiger partial charge in [-0.25, -0.2) is 15.0 Å². The van der Waals surface area contributed by atoms with Crippen LogP contribution < -0.4 is 20.7 Å². The van der Waals surface area contributed by atoms with E-state index in [0.29, 0.717) is 45.6 Å². The number of thiazole rings is 1. The molecule has 6 bridgehead atoms. The second-order valence-corrected chi connectivity index (χ2v) is 21.4. The van der Waals surface area contributed by atoms with Gasteiger partial charge in [-0.3, -0.25) is 19.3 Å². The van der Waals surface area contributed by atoms with Gasteiger partial charge in [-0.15, -0.1) is 11.3 Å². The first-order valence-corrected chi connectivity index (χ1v) is 27.1. The van der Waals surface area contributed by atoms with Crippen LogP contribution in [0.4, 0.5) is 11.6 Å². The smallest absolute Gasteiger partial charge is 0.246 e. The number of hydrogen-bond donors (Lipinski definition) is 4. The Morgan fingerprint density at radius 2 is 1.65 bits per heavy atom. The molecule has 17 nitrogen and oxygen atoms in total. The molecule has 0 aliphatic carbocycles. The summed E-state index contributed by atoms with van der Waals surface area (Å²) in [6.45, 7) is 16.2. The summed E-state index contributed by atoms with van der Waals surface area (Å²) in [4.78, 5) is 61.7. The van der Waals surface area contributed by atoms with Crippen molar-refractivity contribution in [2.24, 2.45) is 5.41 Å². The Balaban J connectivity index is 0.711. The summed E-state index contributed by atoms with van der Waals surface area (Å²) in [5.74, 6) is 0.141. The fourth-order valence-corrected chi connectivity index (χ4v) is 10.3. The minimum absolute atomic E-state index is 0.0101. The van der Waals surface area contributed by atoms with Gasteiger partial charge in [-0.05, 0) is 85.2 Å². The van der Waals surface area contributed by atoms with E-state index >= 15 is 0 Å². The topological polar surface area (TPSA) is 193 Å². The molecule has 3 aliphatic heterocycles. The van der Waals surface area contributed by atoms with E-state index < -0.39 is 35.4 Å². The zero-order chi connectivity index (χ0) is 52.6. The van der Waals surface area contributed by atoms with Crippen LogP contribution in [0.5, 0.6) is 5.75 Å². The maximum absolute atomic E-state index is 14.0. The van der Waals surface area contributed by atoms with Gasteiger partial charge in [-0.2, -0.15) is 0 Å². The molecule has 2 fully saturated rings. The minimum atomic E-state index is -0.921. The molecule has 0 spiro atoms. The summed E-state index contributed by atoms with van der Waals surface area (Å²) >= 11 is 1.58. The molecule has 4 N–H and O–H groups in total. The Morgan fingerprint density at radius 1 is 0.880 bits per heavy atom. The van der Waals surface area contributed by atoms with E-state index in [4.69, 9.17) is 23.9 Å². The molecule has 5 heterocycles. The Bertz CT molecular complexity index is 2690. The lowest BCUT2D eigenvalue weighted by Crippen LogP contribution is -2.58. The number of nitrogens with one attached hydrogen (secondary N) is 3. The number of aryl methyl sites for hydroxylation is 1. The highest BCUT2D eigenvalue weighted by molar-refractivity contribution is 7.13. The molecule has 0 saturated carbocycles. The number of hydrogen-bond acceptors (Lipinski definition) is 15. The first-order valence-electron chi connectivity index (χ1n) is 26.2. The van der Waals surface area contributed by atoms with Crippen LogP contribution in [0.15, 0.2) is 96.7 Å². The fraction of sp³-hybridized carbons (Fsp3) is 0.474. The number of carbonyl (C=O) groups is 3. The third-order valence-electron chi connectivity index (χ3n) is 13.7. The van der Waals surface area contributed by atoms with Crippen LogP contribution >= 0.6 is 11.3 Å². The van der Waals surface area contributed by atoms with E-state index in [0.717, 1.165) is 114 Å². The Hall–Kier alpha value is -6.12. The second-order valence-electron chi connectivity index (χ2n) is 20.5. The van der Waals surface area contributed by atoms with Gasteiger partial charge < -0.3 is 49.8 Å². The van der Waals surface area contributed by atoms with Gasteiger partial charge in [-0.1, -0.05) is 75.4 Å². The van der Waals surface area contributed by atoms with Crippen molar-refractivity contribution in [2.75, 3.05) is 84.2 Å². The third-order valence-corrected chi connectivity index (χ3v) is 14.6. The number of rotatable bonds is 18. The summed E-state index contributed by atoms with van der Waals surface area (Å²) in [5, 5.41) is 19.8. The van der Waals surface area contributed by atoms with Crippen molar-refractivity contribution in [3.05, 3.63) is 119 Å². The summed E-state index contributed by atoms with van der Waals surface area (Å²) in [6, 6.07) is 22.3. The van der Waals surface area contributed by atoms with Crippen molar-refractivity contribution < 1.29 is 38.4 Å². The van der Waals surface area contributed by atoms with Crippen LogP contribution in [0.3, 0.4) is 0 Å². The van der Waals surface area contributed by atoms with Crippen LogP contribution in [0.1, 0.15) is 68.8 Å². The molecule has 18 heteroatoms. The molecule has 400 valence electrons. The molecule has 5 aromatic rings. The quantitative estimate of drug-likeness (QED) is 0.0523. The number of aliphatic hydroxyl groups is 1. The van der Waals surface area contributed by atoms with Crippen LogP contribution in [-0.2, 0) is 48.4 Å². The number of amides is 3. The lowest BCUT2D eigenvalue weighted by Gasteiger charge is -2.35. The van der Waals surface area contributed by atoms with Gasteiger partial charge in [0.1, 0.15) is 31.0 Å². The summed E-state index contributed by atoms with van der Waals surface area (Å²) in [6.07, 6.45) is 7.80. The Labute approximate surface area is 445 Å². The maximum atomic E-state index is 14.0. The lowest BCUT2D eigenvalue weighted by atomic mass is 9.85. The molecule has 3 aromatic carbocycles. The van der Waals surface area contributed by atoms with E-state index in [9.17, 15) is 19.5 Å². The standard InChI is InChI=1S/C57H73N9O8S/c1-40-52(75-39-60-40)43-15-13-41(14-16-43)34-59-54(69)49-33-47(67)35-66(49)55(70)53(57(2,3)4)63-51(68)38-73-27-7-5-6-21-64-22-24-65(25-23-64)26-30-74-50-18-17-46-32-45(50)37-72-29-9-8-28-71-36-42-11-10-12-44(31-42)48-19-20-58-56(61-46)62-48/h8-20,31-32,39,47,49,53,67H,5-7,21-30,33-38H2,1-4H3,(H,59,69)(H,63,68)(H,58,61,62)/b9-8+/t47-,49+,53-/m1/s1. The van der Waals surface area contributed by atoms with E-state index in [1.165, 1.54) is 4.90 Å². The third kappa shape index (κ3) is 16.2. The number of aromatic nitrogens is 3. The average Bonchev–Trinajstić information content (AvgIpc) is 4.03. The Kier molecular flexibility index (Phi) is 19.9. The SMILES string of the molecule is Cc1ncsc1-c1ccc(CNC(=O)[C@@H]2C[C@@H](O)CN2C(=O)[C@@H](NC(=O)COCCCCCN2CCN(CCOc3ccc4cc3COC/C=C/COCc3cccc(c3)-c3ccnc(n3)N4)CC2)C(C)(C)C)cc1. The number of ether oxygens (including phenoxy) is 4. The van der Waals surface area contributed by atoms with E-state index in [1.54, 1.807) is 17.5 Å². The number of aliphatic hydroxyl groups excluding tert-OH is 1. The minimum Gasteiger partial charge on any atom is -0.492 e. The lowest BCUT2D eigenvalue weighted by molar-refractivity contribution is -0.144. The highest BCUT2D eigenvalue weighted by Gasteiger charge is 2.44. The number of piperazine rings is 1. The fourth-order valence-electron chi connectivity index (χ4n) is 9.44. The molecule has 2 saturated heterocycles. The van der Waals surface area contributed by atoms with Crippen molar-refractivity contribution in [3.8, 4) is 27.4 Å². The average molecular weight is 1040 g/mol. The summed E-state index contributed by atoms with van der Waals surface area (Å²) in [7, 11) is 0. The number of carbonyl (C=O) groups excluding carboxylic acids is 3. The number of unbranched alkanes of at least 4 members (excludes halogenated alkanes) is 2. The van der Waals surface area contributed by atoms with Gasteiger partial charge >= 0.3 is 0 Å². The summed E-state index contributed by atoms with van der Waals surface area (Å²) in [5.41, 5.74) is 8.78. The zero-order valence-electron chi connectivity index (χ0n) is 43.8. The second kappa shape index (κ2) is 27.1. The molecular weight excluding hydrogens is 971 g/mol. The van der Waals surface area contributed by atoms with Crippen LogP contribution in [0.25, 0.3) is 21.7 Å². The number of nitrogens with zero attached hydrogens (tertiary/aromatic N) is 6. The van der Waals surface area contributed by atoms with Crippen molar-refractivity contribution in [2.45, 2.75) is 91.3 Å². The molecule has 0 radical (unpaired) electrons. The molecule has 2 aromatic heterocycles. The predicted molar refractivity (Wildman–Crippen MR) is 290 cm³/mol. The van der Waals surface area contributed by atoms with E-state index in [2.05, 4.69) is 41.8 Å². The van der Waals surface area contributed by atoms with Gasteiger partial charge in [0.05, 0.1) is 54.3 Å². The number of anilines is 2. The van der Waals surface area contributed by atoms with Crippen molar-refractivity contribution >= 4 is 40.7 Å². The highest BCUT2D eigenvalue weighted by atomic mass is 32.1.